The molecule has 8 nitrogen and oxygen atoms in total. The summed E-state index contributed by atoms with van der Waals surface area (Å²) in [6.45, 7) is 1.73. The molecule has 1 aromatic heterocycles. The molecule has 2 heterocycles. The lowest BCUT2D eigenvalue weighted by Crippen LogP contribution is -2.32. The zero-order valence-electron chi connectivity index (χ0n) is 11.5. The van der Waals surface area contributed by atoms with Gasteiger partial charge in [-0.3, -0.25) is 9.21 Å². The fraction of sp³-hybridized carbons (Fsp3) is 0.455. The van der Waals surface area contributed by atoms with Crippen molar-refractivity contribution < 1.29 is 17.9 Å². The third-order valence-corrected chi connectivity index (χ3v) is 4.45. The number of ether oxygens (including phenoxy) is 2. The van der Waals surface area contributed by atoms with Crippen LogP contribution in [0.3, 0.4) is 0 Å². The van der Waals surface area contributed by atoms with Crippen molar-refractivity contribution in [1.82, 2.24) is 14.3 Å². The van der Waals surface area contributed by atoms with Gasteiger partial charge in [-0.25, -0.2) is 8.42 Å². The highest BCUT2D eigenvalue weighted by Gasteiger charge is 2.25. The van der Waals surface area contributed by atoms with Crippen LogP contribution < -0.4 is 14.4 Å². The Labute approximate surface area is 117 Å². The molecule has 0 unspecified atom stereocenters. The molecule has 0 fully saturated rings. The van der Waals surface area contributed by atoms with Gasteiger partial charge in [0.25, 0.3) is 0 Å². The molecule has 1 aliphatic rings. The molecule has 0 aromatic carbocycles. The molecule has 2 rings (SSSR count). The molecular weight excluding hydrogens is 284 g/mol. The molecule has 0 aliphatic carbocycles. The van der Waals surface area contributed by atoms with Crippen LogP contribution in [0.1, 0.15) is 6.92 Å². The van der Waals surface area contributed by atoms with Gasteiger partial charge in [0.05, 0.1) is 26.0 Å². The van der Waals surface area contributed by atoms with Crippen molar-refractivity contribution in [1.29, 1.82) is 0 Å². The number of sulfonamides is 1. The Morgan fingerprint density at radius 2 is 1.80 bits per heavy atom. The second-order valence-electron chi connectivity index (χ2n) is 3.95. The lowest BCUT2D eigenvalue weighted by molar-refractivity contribution is 0.372. The monoisotopic (exact) mass is 300 g/mol. The first-order valence-electron chi connectivity index (χ1n) is 5.91. The van der Waals surface area contributed by atoms with Gasteiger partial charge in [0, 0.05) is 12.4 Å². The fourth-order valence-electron chi connectivity index (χ4n) is 1.61. The number of hydrogen-bond donors (Lipinski definition) is 0. The van der Waals surface area contributed by atoms with Gasteiger partial charge >= 0.3 is 0 Å². The molecule has 1 aromatic rings. The van der Waals surface area contributed by atoms with E-state index in [1.807, 2.05) is 0 Å². The van der Waals surface area contributed by atoms with Crippen LogP contribution in [0.2, 0.25) is 0 Å². The summed E-state index contributed by atoms with van der Waals surface area (Å²) in [6, 6.07) is 1.55. The lowest BCUT2D eigenvalue weighted by Gasteiger charge is -2.19. The summed E-state index contributed by atoms with van der Waals surface area (Å²) in [5.41, 5.74) is 0. The van der Waals surface area contributed by atoms with Crippen LogP contribution in [0.15, 0.2) is 18.5 Å². The number of hydrogen-bond acceptors (Lipinski definition) is 7. The zero-order valence-corrected chi connectivity index (χ0v) is 12.3. The third kappa shape index (κ3) is 2.77. The van der Waals surface area contributed by atoms with E-state index < -0.39 is 10.0 Å². The van der Waals surface area contributed by atoms with E-state index in [0.717, 1.165) is 0 Å². The minimum Gasteiger partial charge on any atom is -0.481 e. The molecular formula is C11H16N4O4S. The summed E-state index contributed by atoms with van der Waals surface area (Å²) in [4.78, 5) is 9.92. The molecule has 0 saturated carbocycles. The number of anilines is 1. The second-order valence-corrected chi connectivity index (χ2v) is 6.16. The van der Waals surface area contributed by atoms with Gasteiger partial charge in [0.15, 0.2) is 0 Å². The minimum absolute atomic E-state index is 0.0352. The molecule has 0 radical (unpaired) electrons. The summed E-state index contributed by atoms with van der Waals surface area (Å²) < 4.78 is 34.9. The molecule has 0 saturated heterocycles. The molecule has 110 valence electrons. The number of methoxy groups -OCH3 is 2. The van der Waals surface area contributed by atoms with Gasteiger partial charge in [-0.15, -0.1) is 0 Å². The van der Waals surface area contributed by atoms with Gasteiger partial charge in [-0.05, 0) is 6.92 Å². The van der Waals surface area contributed by atoms with E-state index in [1.54, 1.807) is 24.1 Å². The smallest absolute Gasteiger partial charge is 0.237 e. The molecule has 1 aliphatic heterocycles. The van der Waals surface area contributed by atoms with Crippen molar-refractivity contribution in [3.8, 4) is 11.8 Å². The van der Waals surface area contributed by atoms with Gasteiger partial charge in [-0.2, -0.15) is 9.97 Å². The van der Waals surface area contributed by atoms with E-state index >= 15 is 0 Å². The van der Waals surface area contributed by atoms with Crippen molar-refractivity contribution >= 4 is 16.0 Å². The Balaban J connectivity index is 2.25. The average molecular weight is 300 g/mol. The van der Waals surface area contributed by atoms with Crippen molar-refractivity contribution in [3.05, 3.63) is 18.5 Å². The van der Waals surface area contributed by atoms with E-state index in [-0.39, 0.29) is 12.4 Å². The van der Waals surface area contributed by atoms with Crippen LogP contribution in [0, 0.1) is 0 Å². The minimum atomic E-state index is -3.28. The van der Waals surface area contributed by atoms with Gasteiger partial charge < -0.3 is 9.47 Å². The van der Waals surface area contributed by atoms with E-state index in [4.69, 9.17) is 9.47 Å². The lowest BCUT2D eigenvalue weighted by atomic mass is 10.6. The largest absolute Gasteiger partial charge is 0.481 e. The van der Waals surface area contributed by atoms with Crippen molar-refractivity contribution in [2.75, 3.05) is 31.5 Å². The fourth-order valence-corrected chi connectivity index (χ4v) is 2.48. The second kappa shape index (κ2) is 5.53. The normalized spacial score (nSPS) is 14.8. The maximum atomic E-state index is 11.8. The summed E-state index contributed by atoms with van der Waals surface area (Å²) in [7, 11) is -0.313. The van der Waals surface area contributed by atoms with E-state index in [2.05, 4.69) is 9.97 Å². The maximum Gasteiger partial charge on any atom is 0.237 e. The highest BCUT2D eigenvalue weighted by Crippen LogP contribution is 2.23. The Morgan fingerprint density at radius 1 is 1.20 bits per heavy atom. The molecule has 0 bridgehead atoms. The molecule has 0 spiro atoms. The van der Waals surface area contributed by atoms with Crippen molar-refractivity contribution in [2.24, 2.45) is 0 Å². The topological polar surface area (TPSA) is 84.9 Å². The van der Waals surface area contributed by atoms with Crippen LogP contribution in [0.5, 0.6) is 11.8 Å². The van der Waals surface area contributed by atoms with E-state index in [1.165, 1.54) is 24.7 Å². The molecule has 0 amide bonds. The molecule has 0 atom stereocenters. The van der Waals surface area contributed by atoms with Crippen LogP contribution in [-0.4, -0.2) is 49.3 Å². The average Bonchev–Trinajstić information content (AvgIpc) is 2.97. The SMILES string of the molecule is CCS(=O)(=O)N1C=CN(c2nc(OC)cc(OC)n2)C1. The molecule has 0 N–H and O–H groups in total. The maximum absolute atomic E-state index is 11.8. The van der Waals surface area contributed by atoms with Crippen molar-refractivity contribution in [3.63, 3.8) is 0 Å². The van der Waals surface area contributed by atoms with Gasteiger partial charge in [-0.1, -0.05) is 0 Å². The molecule has 9 heteroatoms. The van der Waals surface area contributed by atoms with Crippen molar-refractivity contribution in [2.45, 2.75) is 6.92 Å². The predicted molar refractivity (Wildman–Crippen MR) is 72.9 cm³/mol. The first kappa shape index (κ1) is 14.4. The summed E-state index contributed by atoms with van der Waals surface area (Å²) >= 11 is 0. The number of nitrogens with zero attached hydrogens (tertiary/aromatic N) is 4. The van der Waals surface area contributed by atoms with Gasteiger partial charge in [0.1, 0.15) is 6.67 Å². The molecule has 20 heavy (non-hydrogen) atoms. The Bertz CT molecular complexity index is 595. The first-order chi connectivity index (χ1) is 9.50. The van der Waals surface area contributed by atoms with Crippen LogP contribution >= 0.6 is 0 Å². The Morgan fingerprint density at radius 3 is 2.30 bits per heavy atom. The standard InChI is InChI=1S/C11H16N4O4S/c1-4-20(16,17)15-6-5-14(8-15)11-12-9(18-2)7-10(13-11)19-3/h5-7H,4,8H2,1-3H3. The third-order valence-electron chi connectivity index (χ3n) is 2.77. The number of rotatable bonds is 5. The van der Waals surface area contributed by atoms with Crippen LogP contribution in [-0.2, 0) is 10.0 Å². The summed E-state index contributed by atoms with van der Waals surface area (Å²) in [5, 5.41) is 0. The summed E-state index contributed by atoms with van der Waals surface area (Å²) in [6.07, 6.45) is 3.08. The van der Waals surface area contributed by atoms with E-state index in [0.29, 0.717) is 17.7 Å². The van der Waals surface area contributed by atoms with Gasteiger partial charge in [0.2, 0.25) is 27.7 Å². The van der Waals surface area contributed by atoms with Crippen LogP contribution in [0.25, 0.3) is 0 Å². The Hall–Kier alpha value is -2.03. The zero-order chi connectivity index (χ0) is 14.8. The first-order valence-corrected chi connectivity index (χ1v) is 7.52. The van der Waals surface area contributed by atoms with Crippen LogP contribution in [0.4, 0.5) is 5.95 Å². The quantitative estimate of drug-likeness (QED) is 0.777. The highest BCUT2D eigenvalue weighted by atomic mass is 32.2. The van der Waals surface area contributed by atoms with E-state index in [9.17, 15) is 8.42 Å². The summed E-state index contributed by atoms with van der Waals surface area (Å²) in [5.74, 6) is 1.04. The predicted octanol–water partition coefficient (Wildman–Crippen LogP) is 0.394. The number of aromatic nitrogens is 2. The Kier molecular flexibility index (Phi) is 3.98. The highest BCUT2D eigenvalue weighted by molar-refractivity contribution is 7.89.